The largest absolute Gasteiger partial charge is 0.383 e. The van der Waals surface area contributed by atoms with Crippen LogP contribution in [-0.4, -0.2) is 106 Å². The number of nitrogens with zero attached hydrogens (tertiary/aromatic N) is 4. The minimum atomic E-state index is 0.730. The van der Waals surface area contributed by atoms with E-state index in [2.05, 4.69) is 33.7 Å². The molecule has 2 aliphatic heterocycles. The number of hydrogen-bond donors (Lipinski definition) is 0. The van der Waals surface area contributed by atoms with Crippen LogP contribution in [0.5, 0.6) is 0 Å². The summed E-state index contributed by atoms with van der Waals surface area (Å²) in [5.74, 6) is 0. The van der Waals surface area contributed by atoms with E-state index in [1.54, 1.807) is 7.11 Å². The zero-order valence-electron chi connectivity index (χ0n) is 16.1. The molecule has 0 N–H and O–H groups in total. The fourth-order valence-electron chi connectivity index (χ4n) is 2.96. The molecule has 0 aromatic heterocycles. The van der Waals surface area contributed by atoms with Crippen LogP contribution in [0.4, 0.5) is 0 Å². The van der Waals surface area contributed by atoms with E-state index in [4.69, 9.17) is 4.74 Å². The van der Waals surface area contributed by atoms with E-state index >= 15 is 0 Å². The molecule has 0 spiro atoms. The highest BCUT2D eigenvalue weighted by Gasteiger charge is 2.30. The molecule has 0 saturated carbocycles. The zero-order valence-corrected chi connectivity index (χ0v) is 16.1. The van der Waals surface area contributed by atoms with Gasteiger partial charge in [-0.05, 0) is 14.1 Å². The Balaban J connectivity index is 0.00000102. The number of hydrogen-bond acceptors (Lipinski definition) is 5. The summed E-state index contributed by atoms with van der Waals surface area (Å²) in [5.41, 5.74) is 0. The lowest BCUT2D eigenvalue weighted by Gasteiger charge is -2.47. The molecule has 0 bridgehead atoms. The van der Waals surface area contributed by atoms with Crippen molar-refractivity contribution in [2.45, 2.75) is 33.7 Å². The predicted octanol–water partition coefficient (Wildman–Crippen LogP) is 1.51. The van der Waals surface area contributed by atoms with Crippen LogP contribution in [0.1, 0.15) is 27.7 Å². The third-order valence-corrected chi connectivity index (χ3v) is 4.10. The van der Waals surface area contributed by atoms with Crippen molar-refractivity contribution in [3.63, 3.8) is 0 Å². The fraction of sp³-hybridized carbons (Fsp3) is 1.00. The standard InChI is InChI=1S/C13H28N4O.2C2H6/c1-14-4-6-17-7-5-16(11-13(17)10-14)12-15(2)8-9-18-3;2*1-2/h13H,4-12H2,1-3H3;2*1-2H3. The molecule has 2 aliphatic rings. The van der Waals surface area contributed by atoms with Gasteiger partial charge >= 0.3 is 0 Å². The lowest BCUT2D eigenvalue weighted by Crippen LogP contribution is -2.62. The van der Waals surface area contributed by atoms with Gasteiger partial charge in [-0.3, -0.25) is 14.7 Å². The Morgan fingerprint density at radius 3 is 2.27 bits per heavy atom. The Hall–Kier alpha value is -0.200. The number of likely N-dealkylation sites (N-methyl/N-ethyl adjacent to an activating group) is 2. The van der Waals surface area contributed by atoms with Gasteiger partial charge in [-0.1, -0.05) is 27.7 Å². The summed E-state index contributed by atoms with van der Waals surface area (Å²) < 4.78 is 5.13. The molecule has 2 rings (SSSR count). The molecule has 2 fully saturated rings. The van der Waals surface area contributed by atoms with Crippen LogP contribution in [0, 0.1) is 0 Å². The zero-order chi connectivity index (χ0) is 17.0. The number of fused-ring (bicyclic) bond motifs is 1. The molecule has 5 nitrogen and oxygen atoms in total. The highest BCUT2D eigenvalue weighted by molar-refractivity contribution is 4.87. The molecule has 1 unspecified atom stereocenters. The van der Waals surface area contributed by atoms with E-state index in [-0.39, 0.29) is 0 Å². The number of rotatable bonds is 5. The van der Waals surface area contributed by atoms with Crippen LogP contribution in [0.25, 0.3) is 0 Å². The van der Waals surface area contributed by atoms with Crippen molar-refractivity contribution < 1.29 is 4.74 Å². The fourth-order valence-corrected chi connectivity index (χ4v) is 2.96. The van der Waals surface area contributed by atoms with Crippen molar-refractivity contribution in [3.8, 4) is 0 Å². The normalized spacial score (nSPS) is 23.2. The SMILES string of the molecule is CC.CC.COCCN(C)CN1CCN2CCN(C)CC2C1. The van der Waals surface area contributed by atoms with E-state index in [1.807, 2.05) is 27.7 Å². The second kappa shape index (κ2) is 13.3. The molecule has 0 aromatic carbocycles. The van der Waals surface area contributed by atoms with Crippen LogP contribution in [-0.2, 0) is 4.74 Å². The molecule has 2 heterocycles. The first-order valence-electron chi connectivity index (χ1n) is 9.01. The summed E-state index contributed by atoms with van der Waals surface area (Å²) in [6.45, 7) is 18.2. The van der Waals surface area contributed by atoms with Gasteiger partial charge in [0.05, 0.1) is 13.3 Å². The predicted molar refractivity (Wildman–Crippen MR) is 96.5 cm³/mol. The summed E-state index contributed by atoms with van der Waals surface area (Å²) in [4.78, 5) is 10.0. The van der Waals surface area contributed by atoms with Crippen molar-refractivity contribution in [2.24, 2.45) is 0 Å². The number of methoxy groups -OCH3 is 1. The van der Waals surface area contributed by atoms with Gasteiger partial charge in [0.2, 0.25) is 0 Å². The molecule has 2 saturated heterocycles. The highest BCUT2D eigenvalue weighted by Crippen LogP contribution is 2.14. The molecular weight excluding hydrogens is 276 g/mol. The third kappa shape index (κ3) is 7.88. The van der Waals surface area contributed by atoms with Gasteiger partial charge < -0.3 is 9.64 Å². The van der Waals surface area contributed by atoms with Gasteiger partial charge in [-0.25, -0.2) is 0 Å². The van der Waals surface area contributed by atoms with Gasteiger partial charge in [0.25, 0.3) is 0 Å². The summed E-state index contributed by atoms with van der Waals surface area (Å²) in [7, 11) is 6.18. The molecule has 5 heteroatoms. The smallest absolute Gasteiger partial charge is 0.0590 e. The van der Waals surface area contributed by atoms with E-state index in [1.165, 1.54) is 39.3 Å². The van der Waals surface area contributed by atoms with Gasteiger partial charge in [0.1, 0.15) is 0 Å². The van der Waals surface area contributed by atoms with Crippen LogP contribution < -0.4 is 0 Å². The number of ether oxygens (including phenoxy) is 1. The van der Waals surface area contributed by atoms with E-state index in [0.29, 0.717) is 0 Å². The summed E-state index contributed by atoms with van der Waals surface area (Å²) in [6.07, 6.45) is 0. The Kier molecular flexibility index (Phi) is 13.1. The maximum Gasteiger partial charge on any atom is 0.0590 e. The Labute approximate surface area is 139 Å². The summed E-state index contributed by atoms with van der Waals surface area (Å²) in [5, 5.41) is 0. The molecule has 134 valence electrons. The third-order valence-electron chi connectivity index (χ3n) is 4.10. The molecule has 22 heavy (non-hydrogen) atoms. The van der Waals surface area contributed by atoms with Gasteiger partial charge in [0.15, 0.2) is 0 Å². The van der Waals surface area contributed by atoms with Crippen molar-refractivity contribution >= 4 is 0 Å². The Morgan fingerprint density at radius 2 is 1.64 bits per heavy atom. The lowest BCUT2D eigenvalue weighted by atomic mass is 10.1. The van der Waals surface area contributed by atoms with Gasteiger partial charge in [-0.15, -0.1) is 0 Å². The van der Waals surface area contributed by atoms with Crippen molar-refractivity contribution in [2.75, 3.05) is 80.3 Å². The first-order chi connectivity index (χ1) is 10.7. The van der Waals surface area contributed by atoms with Crippen LogP contribution in [0.2, 0.25) is 0 Å². The van der Waals surface area contributed by atoms with E-state index < -0.39 is 0 Å². The minimum absolute atomic E-state index is 0.730. The first kappa shape index (κ1) is 21.8. The van der Waals surface area contributed by atoms with E-state index in [9.17, 15) is 0 Å². The van der Waals surface area contributed by atoms with Crippen molar-refractivity contribution in [1.82, 2.24) is 19.6 Å². The average molecular weight is 317 g/mol. The Bertz CT molecular complexity index is 253. The van der Waals surface area contributed by atoms with Crippen molar-refractivity contribution in [3.05, 3.63) is 0 Å². The second-order valence-corrected chi connectivity index (χ2v) is 5.74. The topological polar surface area (TPSA) is 22.2 Å². The molecule has 0 amide bonds. The second-order valence-electron chi connectivity index (χ2n) is 5.74. The minimum Gasteiger partial charge on any atom is -0.383 e. The molecular formula is C17H40N4O. The number of piperazine rings is 2. The summed E-state index contributed by atoms with van der Waals surface area (Å²) >= 11 is 0. The molecule has 0 aliphatic carbocycles. The van der Waals surface area contributed by atoms with Crippen LogP contribution in [0.15, 0.2) is 0 Å². The molecule has 0 aromatic rings. The Morgan fingerprint density at radius 1 is 1.00 bits per heavy atom. The monoisotopic (exact) mass is 316 g/mol. The average Bonchev–Trinajstić information content (AvgIpc) is 2.56. The first-order valence-corrected chi connectivity index (χ1v) is 9.01. The van der Waals surface area contributed by atoms with E-state index in [0.717, 1.165) is 25.9 Å². The molecule has 1 atom stereocenters. The maximum atomic E-state index is 5.13. The highest BCUT2D eigenvalue weighted by atomic mass is 16.5. The van der Waals surface area contributed by atoms with Crippen LogP contribution >= 0.6 is 0 Å². The van der Waals surface area contributed by atoms with Gasteiger partial charge in [0, 0.05) is 59.0 Å². The lowest BCUT2D eigenvalue weighted by molar-refractivity contribution is 0.000220. The quantitative estimate of drug-likeness (QED) is 0.764. The maximum absolute atomic E-state index is 5.13. The van der Waals surface area contributed by atoms with Crippen LogP contribution in [0.3, 0.4) is 0 Å². The molecule has 0 radical (unpaired) electrons. The van der Waals surface area contributed by atoms with Crippen molar-refractivity contribution in [1.29, 1.82) is 0 Å². The summed E-state index contributed by atoms with van der Waals surface area (Å²) in [6, 6.07) is 0.730. The van der Waals surface area contributed by atoms with Gasteiger partial charge in [-0.2, -0.15) is 0 Å².